The number of carbonyl (C=O) groups excluding carboxylic acids is 1. The number of hydrogen-bond donors (Lipinski definition) is 1. The van der Waals surface area contributed by atoms with Crippen molar-refractivity contribution in [1.29, 1.82) is 0 Å². The van der Waals surface area contributed by atoms with Crippen molar-refractivity contribution in [3.63, 3.8) is 0 Å². The van der Waals surface area contributed by atoms with Gasteiger partial charge in [-0.2, -0.15) is 33.3 Å². The quantitative estimate of drug-likeness (QED) is 0.171. The number of ether oxygens (including phenoxy) is 3. The number of para-hydroxylation sites is 2. The molecule has 294 valence electrons. The van der Waals surface area contributed by atoms with E-state index < -0.39 is 29.1 Å². The van der Waals surface area contributed by atoms with Crippen molar-refractivity contribution >= 4 is 28.8 Å². The third-order valence-electron chi connectivity index (χ3n) is 8.43. The average Bonchev–Trinajstić information content (AvgIpc) is 3.68. The number of halogens is 7. The van der Waals surface area contributed by atoms with Gasteiger partial charge in [-0.05, 0) is 62.4 Å². The van der Waals surface area contributed by atoms with E-state index in [9.17, 15) is 36.2 Å². The Bertz CT molecular complexity index is 1340. The number of piperidine rings is 2. The maximum atomic E-state index is 12.9. The Morgan fingerprint density at radius 3 is 1.55 bits per heavy atom. The number of Topliss-reactive ketones (excluding diaryl/α,β-unsaturated/α-hetero) is 1. The van der Waals surface area contributed by atoms with Crippen LogP contribution in [0.3, 0.4) is 0 Å². The number of likely N-dealkylation sites (tertiary alicyclic amines) is 2. The first-order chi connectivity index (χ1) is 24.1. The molecule has 1 N–H and O–H groups in total. The van der Waals surface area contributed by atoms with Crippen molar-refractivity contribution in [3.05, 3.63) is 84.5 Å². The molecular formula is C38H51BrF6MgN2O5. The molecule has 2 aromatic carbocycles. The first-order valence-corrected chi connectivity index (χ1v) is 17.0. The van der Waals surface area contributed by atoms with Crippen LogP contribution in [0.25, 0.3) is 0 Å². The molecule has 0 amide bonds. The third-order valence-corrected chi connectivity index (χ3v) is 8.43. The summed E-state index contributed by atoms with van der Waals surface area (Å²) in [5.41, 5.74) is -1.57. The predicted octanol–water partition coefficient (Wildman–Crippen LogP) is 4.65. The number of ketones is 1. The second-order valence-corrected chi connectivity index (χ2v) is 12.4. The minimum atomic E-state index is -4.42. The molecular weight excluding hydrogens is 783 g/mol. The second kappa shape index (κ2) is 25.8. The van der Waals surface area contributed by atoms with Gasteiger partial charge in [0.15, 0.2) is 0 Å². The molecule has 3 heterocycles. The predicted molar refractivity (Wildman–Crippen MR) is 190 cm³/mol. The number of rotatable bonds is 9. The standard InChI is InChI=1S/C17H22F3NO2.C14H16F3NO2.C4H8O.C3H5.BrH.Mg/c1-13(2)16(22)7-9-21(10-8-16)11-12-23-15-6-4-3-5-14(15)17(18,19)20;15-14(16,17)12-3-1-2-4-13(12)20-10-9-18-7-5-11(19)6-8-18;1-2-4-5-3-1;1-3-2;;/h3-6,22H,1,7-12H2,2H3;1-4H,5-10H2;1-4H2;1H2,2H3;1H;/q;;;-1;;+2/p-1. The second-order valence-electron chi connectivity index (χ2n) is 12.4. The van der Waals surface area contributed by atoms with Gasteiger partial charge in [-0.25, -0.2) is 0 Å². The van der Waals surface area contributed by atoms with E-state index in [0.717, 1.165) is 30.9 Å². The molecule has 2 aromatic rings. The molecule has 53 heavy (non-hydrogen) atoms. The van der Waals surface area contributed by atoms with Gasteiger partial charge in [0.2, 0.25) is 0 Å². The molecule has 5 rings (SSSR count). The van der Waals surface area contributed by atoms with E-state index in [1.807, 2.05) is 11.8 Å². The van der Waals surface area contributed by atoms with Crippen LogP contribution < -0.4 is 26.5 Å². The van der Waals surface area contributed by atoms with E-state index in [4.69, 9.17) is 14.2 Å². The van der Waals surface area contributed by atoms with Gasteiger partial charge in [-0.1, -0.05) is 30.8 Å². The number of carbonyl (C=O) groups is 1. The maximum Gasteiger partial charge on any atom is 2.00 e. The molecule has 0 bridgehead atoms. The topological polar surface area (TPSA) is 71.5 Å². The Kier molecular flexibility index (Phi) is 24.8. The first-order valence-electron chi connectivity index (χ1n) is 17.0. The molecule has 15 heteroatoms. The van der Waals surface area contributed by atoms with Gasteiger partial charge >= 0.3 is 35.4 Å². The van der Waals surface area contributed by atoms with Crippen molar-refractivity contribution in [1.82, 2.24) is 9.80 Å². The zero-order valence-corrected chi connectivity index (χ0v) is 33.7. The van der Waals surface area contributed by atoms with Gasteiger partial charge in [0, 0.05) is 65.3 Å². The molecule has 3 saturated heterocycles. The van der Waals surface area contributed by atoms with Crippen LogP contribution in [0.15, 0.2) is 67.3 Å². The summed E-state index contributed by atoms with van der Waals surface area (Å²) >= 11 is 0. The number of allylic oxidation sites excluding steroid dienone is 1. The van der Waals surface area contributed by atoms with Crippen molar-refractivity contribution < 1.29 is 67.4 Å². The van der Waals surface area contributed by atoms with Crippen LogP contribution in [-0.2, 0) is 21.9 Å². The van der Waals surface area contributed by atoms with E-state index in [-0.39, 0.29) is 70.5 Å². The maximum absolute atomic E-state index is 12.9. The number of hydrogen-bond acceptors (Lipinski definition) is 7. The summed E-state index contributed by atoms with van der Waals surface area (Å²) in [6, 6.07) is 10.4. The van der Waals surface area contributed by atoms with Crippen LogP contribution in [-0.4, -0.2) is 115 Å². The summed E-state index contributed by atoms with van der Waals surface area (Å²) in [4.78, 5) is 15.2. The van der Waals surface area contributed by atoms with Gasteiger partial charge in [-0.3, -0.25) is 21.2 Å². The van der Waals surface area contributed by atoms with E-state index in [2.05, 4.69) is 24.1 Å². The molecule has 0 spiro atoms. The molecule has 0 saturated carbocycles. The fraction of sp³-hybridized carbons (Fsp3) is 0.553. The third kappa shape index (κ3) is 19.3. The number of nitrogens with zero attached hydrogens (tertiary/aromatic N) is 2. The fourth-order valence-electron chi connectivity index (χ4n) is 5.33. The zero-order valence-electron chi connectivity index (χ0n) is 30.7. The monoisotopic (exact) mass is 832 g/mol. The summed E-state index contributed by atoms with van der Waals surface area (Å²) < 4.78 is 92.3. The summed E-state index contributed by atoms with van der Waals surface area (Å²) in [6.45, 7) is 16.7. The van der Waals surface area contributed by atoms with Crippen molar-refractivity contribution in [2.75, 3.05) is 65.7 Å². The minimum Gasteiger partial charge on any atom is -1.00 e. The van der Waals surface area contributed by atoms with Crippen molar-refractivity contribution in [2.24, 2.45) is 0 Å². The Labute approximate surface area is 336 Å². The number of alkyl halides is 6. The Hall–Kier alpha value is -2.14. The van der Waals surface area contributed by atoms with Gasteiger partial charge in [-0.15, -0.1) is 0 Å². The Balaban J connectivity index is 0.000000822. The SMILES string of the molecule is C1CCOC1.C=C(C)C1(O)CCN(CCOc2ccccc2C(F)(F)F)CC1.C=[C-]C.O=C1CCN(CCOc2ccccc2C(F)(F)F)CC1.[Br-].[Mg+2]. The van der Waals surface area contributed by atoms with Crippen molar-refractivity contribution in [3.8, 4) is 11.5 Å². The number of aliphatic hydroxyl groups is 1. The van der Waals surface area contributed by atoms with Crippen LogP contribution in [0.4, 0.5) is 26.3 Å². The minimum absolute atomic E-state index is 0. The fourth-order valence-corrected chi connectivity index (χ4v) is 5.33. The smallest absolute Gasteiger partial charge is 1.00 e. The normalized spacial score (nSPS) is 17.1. The Morgan fingerprint density at radius 1 is 0.830 bits per heavy atom. The average molecular weight is 834 g/mol. The van der Waals surface area contributed by atoms with Gasteiger partial charge in [0.05, 0.1) is 16.7 Å². The van der Waals surface area contributed by atoms with Crippen LogP contribution in [0.2, 0.25) is 0 Å². The van der Waals surface area contributed by atoms with E-state index >= 15 is 0 Å². The Morgan fingerprint density at radius 2 is 1.21 bits per heavy atom. The van der Waals surface area contributed by atoms with E-state index in [1.54, 1.807) is 6.92 Å². The van der Waals surface area contributed by atoms with Crippen LogP contribution in [0, 0.1) is 6.08 Å². The number of benzene rings is 2. The largest absolute Gasteiger partial charge is 2.00 e. The summed E-state index contributed by atoms with van der Waals surface area (Å²) in [5, 5.41) is 10.3. The molecule has 0 radical (unpaired) electrons. The molecule has 3 fully saturated rings. The molecule has 0 atom stereocenters. The van der Waals surface area contributed by atoms with E-state index in [0.29, 0.717) is 65.0 Å². The first kappa shape index (κ1) is 50.9. The molecule has 3 aliphatic rings. The van der Waals surface area contributed by atoms with E-state index in [1.165, 1.54) is 49.2 Å². The molecule has 0 aromatic heterocycles. The zero-order chi connectivity index (χ0) is 37.9. The summed E-state index contributed by atoms with van der Waals surface area (Å²) in [5.74, 6) is -0.0480. The summed E-state index contributed by atoms with van der Waals surface area (Å²) in [6.07, 6.45) is -1.57. The molecule has 0 aliphatic carbocycles. The van der Waals surface area contributed by atoms with Gasteiger partial charge in [0.25, 0.3) is 0 Å². The molecule has 3 aliphatic heterocycles. The van der Waals surface area contributed by atoms with Crippen molar-refractivity contribution in [2.45, 2.75) is 70.3 Å². The van der Waals surface area contributed by atoms with Crippen LogP contribution in [0.5, 0.6) is 11.5 Å². The van der Waals surface area contributed by atoms with Gasteiger partial charge in [0.1, 0.15) is 30.5 Å². The van der Waals surface area contributed by atoms with Gasteiger partial charge < -0.3 is 42.4 Å². The molecule has 7 nitrogen and oxygen atoms in total. The molecule has 0 unspecified atom stereocenters. The summed E-state index contributed by atoms with van der Waals surface area (Å²) in [7, 11) is 0. The van der Waals surface area contributed by atoms with Crippen LogP contribution in [0.1, 0.15) is 63.5 Å². The van der Waals surface area contributed by atoms with Crippen LogP contribution >= 0.6 is 0 Å².